The van der Waals surface area contributed by atoms with E-state index in [1.807, 2.05) is 0 Å². The van der Waals surface area contributed by atoms with E-state index >= 15 is 0 Å². The number of amides is 2. The normalized spacial score (nSPS) is 10.8. The number of nitrogens with one attached hydrogen (secondary N) is 2. The molecule has 0 aliphatic carbocycles. The number of phenolic OH excluding ortho intramolecular Hbond substituents is 2. The number of benzene rings is 2. The van der Waals surface area contributed by atoms with E-state index in [-0.39, 0.29) is 22.9 Å². The van der Waals surface area contributed by atoms with Gasteiger partial charge in [0, 0.05) is 24.2 Å². The minimum atomic E-state index is -0.744. The highest BCUT2D eigenvalue weighted by atomic mass is 19.1. The first-order chi connectivity index (χ1) is 16.4. The monoisotopic (exact) mass is 476 g/mol. The fourth-order valence-electron chi connectivity index (χ4n) is 3.58. The predicted octanol–water partition coefficient (Wildman–Crippen LogP) is 5.44. The number of unbranched alkanes of at least 4 members (excludes halogenated alkanes) is 9. The summed E-state index contributed by atoms with van der Waals surface area (Å²) < 4.78 is 26.0. The SMILES string of the molecule is O=C(NCCCCCCCCCCCCNC(=O)c1ccc(F)c(O)c1)c1ccc(F)c(O)c1. The Morgan fingerprint density at radius 3 is 1.24 bits per heavy atom. The summed E-state index contributed by atoms with van der Waals surface area (Å²) in [6, 6.07) is 7.10. The summed E-state index contributed by atoms with van der Waals surface area (Å²) in [6.45, 7) is 1.10. The van der Waals surface area contributed by atoms with E-state index in [4.69, 9.17) is 0 Å². The number of halogens is 2. The van der Waals surface area contributed by atoms with Crippen molar-refractivity contribution in [2.45, 2.75) is 64.2 Å². The summed E-state index contributed by atoms with van der Waals surface area (Å²) in [7, 11) is 0. The van der Waals surface area contributed by atoms with Crippen molar-refractivity contribution in [2.75, 3.05) is 13.1 Å². The van der Waals surface area contributed by atoms with Gasteiger partial charge in [0.05, 0.1) is 0 Å². The summed E-state index contributed by atoms with van der Waals surface area (Å²) in [4.78, 5) is 23.9. The summed E-state index contributed by atoms with van der Waals surface area (Å²) >= 11 is 0. The highest BCUT2D eigenvalue weighted by molar-refractivity contribution is 5.95. The molecule has 186 valence electrons. The van der Waals surface area contributed by atoms with Crippen LogP contribution in [0.4, 0.5) is 8.78 Å². The summed E-state index contributed by atoms with van der Waals surface area (Å²) in [5.41, 5.74) is 0.490. The maximum absolute atomic E-state index is 13.0. The predicted molar refractivity (Wildman–Crippen MR) is 127 cm³/mol. The van der Waals surface area contributed by atoms with Gasteiger partial charge in [-0.3, -0.25) is 9.59 Å². The number of phenols is 2. The summed E-state index contributed by atoms with van der Waals surface area (Å²) in [5, 5.41) is 24.2. The molecule has 2 rings (SSSR count). The van der Waals surface area contributed by atoms with Gasteiger partial charge in [0.25, 0.3) is 11.8 Å². The molecule has 0 spiro atoms. The van der Waals surface area contributed by atoms with Crippen LogP contribution in [0.3, 0.4) is 0 Å². The van der Waals surface area contributed by atoms with Gasteiger partial charge in [0.15, 0.2) is 23.1 Å². The molecule has 2 amide bonds. The zero-order valence-corrected chi connectivity index (χ0v) is 19.4. The lowest BCUT2D eigenvalue weighted by atomic mass is 10.1. The minimum Gasteiger partial charge on any atom is -0.505 e. The van der Waals surface area contributed by atoms with Gasteiger partial charge in [-0.25, -0.2) is 8.78 Å². The number of carbonyl (C=O) groups is 2. The Hall–Kier alpha value is -3.16. The third kappa shape index (κ3) is 9.77. The van der Waals surface area contributed by atoms with Gasteiger partial charge in [-0.05, 0) is 49.2 Å². The Balaban J connectivity index is 1.38. The van der Waals surface area contributed by atoms with Gasteiger partial charge < -0.3 is 20.8 Å². The van der Waals surface area contributed by atoms with Crippen LogP contribution in [0, 0.1) is 11.6 Å². The number of aromatic hydroxyl groups is 2. The summed E-state index contributed by atoms with van der Waals surface area (Å²) in [5.74, 6) is -3.17. The first-order valence-electron chi connectivity index (χ1n) is 11.9. The third-order valence-electron chi connectivity index (χ3n) is 5.59. The van der Waals surface area contributed by atoms with Crippen molar-refractivity contribution in [3.05, 3.63) is 59.2 Å². The average Bonchev–Trinajstić information content (AvgIpc) is 2.82. The Bertz CT molecular complexity index is 862. The van der Waals surface area contributed by atoms with Gasteiger partial charge in [-0.1, -0.05) is 51.4 Å². The lowest BCUT2D eigenvalue weighted by Gasteiger charge is -2.07. The van der Waals surface area contributed by atoms with Crippen molar-refractivity contribution in [3.8, 4) is 11.5 Å². The molecule has 0 heterocycles. The fourth-order valence-corrected chi connectivity index (χ4v) is 3.58. The number of hydrogen-bond acceptors (Lipinski definition) is 4. The van der Waals surface area contributed by atoms with Crippen molar-refractivity contribution in [1.82, 2.24) is 10.6 Å². The highest BCUT2D eigenvalue weighted by Gasteiger charge is 2.09. The molecular formula is C26H34F2N2O4. The van der Waals surface area contributed by atoms with Crippen LogP contribution in [0.1, 0.15) is 84.9 Å². The molecule has 0 aromatic heterocycles. The lowest BCUT2D eigenvalue weighted by Crippen LogP contribution is -2.24. The Labute approximate surface area is 199 Å². The van der Waals surface area contributed by atoms with E-state index in [2.05, 4.69) is 10.6 Å². The van der Waals surface area contributed by atoms with Gasteiger partial charge >= 0.3 is 0 Å². The Morgan fingerprint density at radius 2 is 0.912 bits per heavy atom. The van der Waals surface area contributed by atoms with E-state index in [1.54, 1.807) is 0 Å². The van der Waals surface area contributed by atoms with Crippen LogP contribution in [0.25, 0.3) is 0 Å². The molecule has 0 radical (unpaired) electrons. The topological polar surface area (TPSA) is 98.7 Å². The molecule has 0 aliphatic heterocycles. The van der Waals surface area contributed by atoms with Crippen molar-refractivity contribution >= 4 is 11.8 Å². The maximum Gasteiger partial charge on any atom is 0.251 e. The van der Waals surface area contributed by atoms with Gasteiger partial charge in [-0.2, -0.15) is 0 Å². The van der Waals surface area contributed by atoms with Crippen LogP contribution in [0.15, 0.2) is 36.4 Å². The molecule has 8 heteroatoms. The van der Waals surface area contributed by atoms with Gasteiger partial charge in [0.2, 0.25) is 0 Å². The molecule has 4 N–H and O–H groups in total. The molecule has 34 heavy (non-hydrogen) atoms. The molecule has 0 fully saturated rings. The Kier molecular flexibility index (Phi) is 11.9. The summed E-state index contributed by atoms with van der Waals surface area (Å²) in [6.07, 6.45) is 10.7. The highest BCUT2D eigenvalue weighted by Crippen LogP contribution is 2.17. The zero-order chi connectivity index (χ0) is 24.8. The van der Waals surface area contributed by atoms with Crippen LogP contribution < -0.4 is 10.6 Å². The first-order valence-corrected chi connectivity index (χ1v) is 11.9. The van der Waals surface area contributed by atoms with Crippen LogP contribution in [-0.4, -0.2) is 35.1 Å². The third-order valence-corrected chi connectivity index (χ3v) is 5.59. The first kappa shape index (κ1) is 27.1. The fraction of sp³-hybridized carbons (Fsp3) is 0.462. The largest absolute Gasteiger partial charge is 0.505 e. The zero-order valence-electron chi connectivity index (χ0n) is 19.4. The van der Waals surface area contributed by atoms with Crippen LogP contribution >= 0.6 is 0 Å². The lowest BCUT2D eigenvalue weighted by molar-refractivity contribution is 0.0944. The van der Waals surface area contributed by atoms with E-state index in [0.717, 1.165) is 75.6 Å². The minimum absolute atomic E-state index is 0.245. The van der Waals surface area contributed by atoms with Crippen molar-refractivity contribution < 1.29 is 28.6 Å². The van der Waals surface area contributed by atoms with Crippen LogP contribution in [0.2, 0.25) is 0 Å². The maximum atomic E-state index is 13.0. The second kappa shape index (κ2) is 14.9. The second-order valence-corrected chi connectivity index (χ2v) is 8.38. The van der Waals surface area contributed by atoms with Crippen molar-refractivity contribution in [3.63, 3.8) is 0 Å². The van der Waals surface area contributed by atoms with E-state index in [1.165, 1.54) is 25.0 Å². The molecule has 2 aromatic rings. The van der Waals surface area contributed by atoms with Crippen LogP contribution in [-0.2, 0) is 0 Å². The van der Waals surface area contributed by atoms with Gasteiger partial charge in [-0.15, -0.1) is 0 Å². The van der Waals surface area contributed by atoms with E-state index in [0.29, 0.717) is 13.1 Å². The van der Waals surface area contributed by atoms with Crippen LogP contribution in [0.5, 0.6) is 11.5 Å². The number of carbonyl (C=O) groups excluding carboxylic acids is 2. The van der Waals surface area contributed by atoms with Crippen molar-refractivity contribution in [2.24, 2.45) is 0 Å². The smallest absolute Gasteiger partial charge is 0.251 e. The molecule has 6 nitrogen and oxygen atoms in total. The number of hydrogen-bond donors (Lipinski definition) is 4. The number of rotatable bonds is 15. The van der Waals surface area contributed by atoms with E-state index in [9.17, 15) is 28.6 Å². The molecule has 2 aromatic carbocycles. The molecule has 0 atom stereocenters. The second-order valence-electron chi connectivity index (χ2n) is 8.38. The molecule has 0 unspecified atom stereocenters. The molecular weight excluding hydrogens is 442 g/mol. The average molecular weight is 477 g/mol. The van der Waals surface area contributed by atoms with Gasteiger partial charge in [0.1, 0.15) is 0 Å². The Morgan fingerprint density at radius 1 is 0.588 bits per heavy atom. The van der Waals surface area contributed by atoms with E-state index < -0.39 is 23.1 Å². The quantitative estimate of drug-likeness (QED) is 0.257. The molecule has 0 saturated carbocycles. The molecule has 0 saturated heterocycles. The molecule has 0 bridgehead atoms. The molecule has 0 aliphatic rings. The standard InChI is InChI=1S/C26H34F2N2O4/c27-21-13-11-19(17-23(21)31)25(33)29-15-9-7-5-3-1-2-4-6-8-10-16-30-26(34)20-12-14-22(28)24(32)18-20/h11-14,17-18,31-32H,1-10,15-16H2,(H,29,33)(H,30,34). The van der Waals surface area contributed by atoms with Crippen molar-refractivity contribution in [1.29, 1.82) is 0 Å².